The molecule has 2 atom stereocenters. The molecular formula is C12H19N3O2. The summed E-state index contributed by atoms with van der Waals surface area (Å²) in [5.41, 5.74) is 0. The summed E-state index contributed by atoms with van der Waals surface area (Å²) in [6.07, 6.45) is 6.73. The zero-order chi connectivity index (χ0) is 12.3. The van der Waals surface area contributed by atoms with Crippen LogP contribution < -0.4 is 0 Å². The summed E-state index contributed by atoms with van der Waals surface area (Å²) in [7, 11) is 1.43. The number of rotatable bonds is 3. The van der Waals surface area contributed by atoms with E-state index in [0.717, 1.165) is 19.5 Å². The molecule has 0 radical (unpaired) electrons. The maximum absolute atomic E-state index is 11.3. The average Bonchev–Trinajstić information content (AvgIpc) is 2.85. The Morgan fingerprint density at radius 3 is 3.06 bits per heavy atom. The van der Waals surface area contributed by atoms with Crippen LogP contribution in [-0.2, 0) is 9.53 Å². The number of methoxy groups -OCH3 is 1. The molecule has 1 aromatic heterocycles. The van der Waals surface area contributed by atoms with Gasteiger partial charge in [-0.25, -0.2) is 4.98 Å². The minimum absolute atomic E-state index is 0.163. The summed E-state index contributed by atoms with van der Waals surface area (Å²) in [5, 5.41) is 0. The predicted octanol–water partition coefficient (Wildman–Crippen LogP) is 0.939. The van der Waals surface area contributed by atoms with E-state index < -0.39 is 0 Å². The van der Waals surface area contributed by atoms with Gasteiger partial charge in [0.15, 0.2) is 0 Å². The first-order chi connectivity index (χ1) is 8.20. The summed E-state index contributed by atoms with van der Waals surface area (Å²) in [6.45, 7) is 4.47. The first-order valence-electron chi connectivity index (χ1n) is 5.97. The van der Waals surface area contributed by atoms with Gasteiger partial charge >= 0.3 is 5.97 Å². The molecule has 1 fully saturated rings. The van der Waals surface area contributed by atoms with Crippen molar-refractivity contribution in [1.29, 1.82) is 0 Å². The maximum Gasteiger partial charge on any atom is 0.319 e. The lowest BCUT2D eigenvalue weighted by Crippen LogP contribution is -2.43. The van der Waals surface area contributed by atoms with Crippen LogP contribution in [0.4, 0.5) is 0 Å². The predicted molar refractivity (Wildman–Crippen MR) is 63.5 cm³/mol. The number of piperidine rings is 1. The molecule has 94 valence electrons. The summed E-state index contributed by atoms with van der Waals surface area (Å²) in [5.74, 6) is 0.446. The third kappa shape index (κ3) is 2.85. The third-order valence-corrected chi connectivity index (χ3v) is 3.49. The highest BCUT2D eigenvalue weighted by molar-refractivity contribution is 5.71. The largest absolute Gasteiger partial charge is 0.468 e. The lowest BCUT2D eigenvalue weighted by molar-refractivity contribution is -0.142. The Morgan fingerprint density at radius 1 is 1.59 bits per heavy atom. The fourth-order valence-electron chi connectivity index (χ4n) is 2.36. The van der Waals surface area contributed by atoms with Gasteiger partial charge in [-0.3, -0.25) is 9.69 Å². The molecule has 5 nitrogen and oxygen atoms in total. The van der Waals surface area contributed by atoms with Gasteiger partial charge in [-0.2, -0.15) is 0 Å². The zero-order valence-electron chi connectivity index (χ0n) is 10.4. The van der Waals surface area contributed by atoms with Crippen LogP contribution in [0.2, 0.25) is 0 Å². The molecule has 1 aliphatic rings. The normalized spacial score (nSPS) is 25.8. The second-order valence-corrected chi connectivity index (χ2v) is 4.65. The number of likely N-dealkylation sites (tertiary alicyclic amines) is 1. The number of imidazole rings is 1. The van der Waals surface area contributed by atoms with Gasteiger partial charge in [0.05, 0.1) is 20.0 Å². The lowest BCUT2D eigenvalue weighted by atomic mass is 9.93. The molecule has 1 aromatic rings. The Bertz CT molecular complexity index is 364. The number of nitrogens with zero attached hydrogens (tertiary/aromatic N) is 3. The van der Waals surface area contributed by atoms with Gasteiger partial charge in [0.1, 0.15) is 0 Å². The quantitative estimate of drug-likeness (QED) is 0.734. The maximum atomic E-state index is 11.3. The number of aromatic nitrogens is 2. The molecule has 0 amide bonds. The first kappa shape index (κ1) is 12.1. The molecule has 0 unspecified atom stereocenters. The van der Waals surface area contributed by atoms with Crippen LogP contribution in [0.3, 0.4) is 0 Å². The molecule has 0 bridgehead atoms. The molecule has 2 heterocycles. The molecule has 1 saturated heterocycles. The number of carbonyl (C=O) groups excluding carboxylic acids is 1. The second-order valence-electron chi connectivity index (χ2n) is 4.65. The van der Waals surface area contributed by atoms with Crippen LogP contribution >= 0.6 is 0 Å². The third-order valence-electron chi connectivity index (χ3n) is 3.49. The summed E-state index contributed by atoms with van der Waals surface area (Å²) in [4.78, 5) is 17.5. The van der Waals surface area contributed by atoms with Crippen molar-refractivity contribution in [3.8, 4) is 0 Å². The van der Waals surface area contributed by atoms with Crippen molar-refractivity contribution in [3.05, 3.63) is 18.7 Å². The van der Waals surface area contributed by atoms with Crippen LogP contribution in [0, 0.1) is 5.92 Å². The Morgan fingerprint density at radius 2 is 2.41 bits per heavy atom. The van der Waals surface area contributed by atoms with Crippen LogP contribution in [0.1, 0.15) is 19.4 Å². The van der Waals surface area contributed by atoms with Crippen LogP contribution in [0.25, 0.3) is 0 Å². The highest BCUT2D eigenvalue weighted by Gasteiger charge is 2.28. The van der Waals surface area contributed by atoms with Gasteiger partial charge in [-0.15, -0.1) is 0 Å². The van der Waals surface area contributed by atoms with E-state index in [1.807, 2.05) is 12.5 Å². The van der Waals surface area contributed by atoms with Crippen molar-refractivity contribution < 1.29 is 9.53 Å². The van der Waals surface area contributed by atoms with E-state index in [0.29, 0.717) is 18.5 Å². The van der Waals surface area contributed by atoms with Gasteiger partial charge in [0.25, 0.3) is 0 Å². The molecule has 0 saturated carbocycles. The molecular weight excluding hydrogens is 218 g/mol. The summed E-state index contributed by atoms with van der Waals surface area (Å²) in [6, 6.07) is 0.399. The van der Waals surface area contributed by atoms with E-state index in [2.05, 4.69) is 21.4 Å². The van der Waals surface area contributed by atoms with Crippen LogP contribution in [0.5, 0.6) is 0 Å². The topological polar surface area (TPSA) is 47.4 Å². The molecule has 5 heteroatoms. The minimum atomic E-state index is -0.163. The zero-order valence-corrected chi connectivity index (χ0v) is 10.4. The molecule has 0 spiro atoms. The number of hydrogen-bond donors (Lipinski definition) is 0. The number of hydrogen-bond acceptors (Lipinski definition) is 4. The minimum Gasteiger partial charge on any atom is -0.468 e. The van der Waals surface area contributed by atoms with E-state index >= 15 is 0 Å². The Balaban J connectivity index is 1.99. The molecule has 17 heavy (non-hydrogen) atoms. The SMILES string of the molecule is COC(=O)CN1CC[C@H](C)[C@@H](n2ccnc2)C1. The van der Waals surface area contributed by atoms with Crippen molar-refractivity contribution in [2.75, 3.05) is 26.7 Å². The number of ether oxygens (including phenoxy) is 1. The molecule has 0 N–H and O–H groups in total. The summed E-state index contributed by atoms with van der Waals surface area (Å²) < 4.78 is 6.84. The highest BCUT2D eigenvalue weighted by Crippen LogP contribution is 2.27. The molecule has 2 rings (SSSR count). The van der Waals surface area contributed by atoms with Gasteiger partial charge in [-0.1, -0.05) is 6.92 Å². The summed E-state index contributed by atoms with van der Waals surface area (Å²) >= 11 is 0. The standard InChI is InChI=1S/C12H19N3O2/c1-10-3-5-14(8-12(16)17-2)7-11(10)15-6-4-13-9-15/h4,6,9-11H,3,5,7-8H2,1-2H3/t10-,11-/m0/s1. The lowest BCUT2D eigenvalue weighted by Gasteiger charge is -2.37. The van der Waals surface area contributed by atoms with E-state index in [-0.39, 0.29) is 5.97 Å². The van der Waals surface area contributed by atoms with Crippen LogP contribution in [-0.4, -0.2) is 47.2 Å². The van der Waals surface area contributed by atoms with Crippen molar-refractivity contribution in [1.82, 2.24) is 14.5 Å². The van der Waals surface area contributed by atoms with Crippen molar-refractivity contribution in [2.24, 2.45) is 5.92 Å². The fraction of sp³-hybridized carbons (Fsp3) is 0.667. The molecule has 0 aromatic carbocycles. The monoisotopic (exact) mass is 237 g/mol. The van der Waals surface area contributed by atoms with E-state index in [4.69, 9.17) is 4.74 Å². The van der Waals surface area contributed by atoms with Crippen molar-refractivity contribution in [3.63, 3.8) is 0 Å². The Hall–Kier alpha value is -1.36. The first-order valence-corrected chi connectivity index (χ1v) is 5.97. The van der Waals surface area contributed by atoms with Crippen molar-refractivity contribution in [2.45, 2.75) is 19.4 Å². The smallest absolute Gasteiger partial charge is 0.319 e. The number of carbonyl (C=O) groups is 1. The highest BCUT2D eigenvalue weighted by atomic mass is 16.5. The van der Waals surface area contributed by atoms with Gasteiger partial charge in [0, 0.05) is 25.0 Å². The molecule has 1 aliphatic heterocycles. The average molecular weight is 237 g/mol. The second kappa shape index (κ2) is 5.31. The Kier molecular flexibility index (Phi) is 3.78. The van der Waals surface area contributed by atoms with Gasteiger partial charge in [0.2, 0.25) is 0 Å². The van der Waals surface area contributed by atoms with Gasteiger partial charge < -0.3 is 9.30 Å². The Labute approximate surface area is 101 Å². The van der Waals surface area contributed by atoms with E-state index in [9.17, 15) is 4.79 Å². The molecule has 0 aliphatic carbocycles. The number of esters is 1. The van der Waals surface area contributed by atoms with Crippen LogP contribution in [0.15, 0.2) is 18.7 Å². The van der Waals surface area contributed by atoms with Gasteiger partial charge in [-0.05, 0) is 18.9 Å². The fourth-order valence-corrected chi connectivity index (χ4v) is 2.36. The van der Waals surface area contributed by atoms with E-state index in [1.165, 1.54) is 7.11 Å². The van der Waals surface area contributed by atoms with Crippen molar-refractivity contribution >= 4 is 5.97 Å². The van der Waals surface area contributed by atoms with E-state index in [1.54, 1.807) is 6.20 Å².